The quantitative estimate of drug-likeness (QED) is 0.640. The summed E-state index contributed by atoms with van der Waals surface area (Å²) >= 11 is 6.97. The summed E-state index contributed by atoms with van der Waals surface area (Å²) in [6.45, 7) is 0.795. The number of halogens is 2. The number of hydrogen-bond acceptors (Lipinski definition) is 3. The monoisotopic (exact) mass is 360 g/mol. The summed E-state index contributed by atoms with van der Waals surface area (Å²) in [5.41, 5.74) is 5.15. The van der Waals surface area contributed by atoms with E-state index in [0.29, 0.717) is 0 Å². The maximum absolute atomic E-state index is 5.66. The van der Waals surface area contributed by atoms with Gasteiger partial charge in [0.2, 0.25) is 0 Å². The summed E-state index contributed by atoms with van der Waals surface area (Å²) in [6.07, 6.45) is 3.88. The zero-order valence-corrected chi connectivity index (χ0v) is 12.4. The van der Waals surface area contributed by atoms with Crippen molar-refractivity contribution >= 4 is 31.9 Å². The van der Waals surface area contributed by atoms with E-state index >= 15 is 0 Å². The van der Waals surface area contributed by atoms with Gasteiger partial charge in [-0.2, -0.15) is 0 Å². The maximum Gasteiger partial charge on any atom is 0.0876 e. The lowest BCUT2D eigenvalue weighted by atomic mass is 9.96. The molecule has 0 bridgehead atoms. The molecular weight excluding hydrogens is 348 g/mol. The largest absolute Gasteiger partial charge is 0.501 e. The first-order valence-corrected chi connectivity index (χ1v) is 7.02. The van der Waals surface area contributed by atoms with Crippen molar-refractivity contribution in [3.8, 4) is 0 Å². The van der Waals surface area contributed by atoms with Crippen molar-refractivity contribution in [3.63, 3.8) is 0 Å². The van der Waals surface area contributed by atoms with Crippen molar-refractivity contribution in [3.05, 3.63) is 44.5 Å². The van der Waals surface area contributed by atoms with Gasteiger partial charge in [-0.05, 0) is 42.2 Å². The minimum Gasteiger partial charge on any atom is -0.501 e. The van der Waals surface area contributed by atoms with Crippen LogP contribution in [-0.2, 0) is 4.74 Å². The number of ether oxygens (including phenoxy) is 1. The summed E-state index contributed by atoms with van der Waals surface area (Å²) in [6, 6.07) is 6.13. The second-order valence-corrected chi connectivity index (χ2v) is 5.80. The molecule has 1 aliphatic heterocycles. The Balaban J connectivity index is 2.31. The van der Waals surface area contributed by atoms with E-state index in [0.717, 1.165) is 34.0 Å². The molecule has 0 aliphatic carbocycles. The predicted octanol–water partition coefficient (Wildman–Crippen LogP) is 3.41. The lowest BCUT2D eigenvalue weighted by molar-refractivity contribution is 0.219. The van der Waals surface area contributed by atoms with Crippen LogP contribution in [0.5, 0.6) is 0 Å². The van der Waals surface area contributed by atoms with Gasteiger partial charge in [-0.15, -0.1) is 0 Å². The highest BCUT2D eigenvalue weighted by Gasteiger charge is 2.18. The fourth-order valence-electron chi connectivity index (χ4n) is 1.96. The van der Waals surface area contributed by atoms with E-state index in [1.54, 1.807) is 0 Å². The molecule has 1 aromatic rings. The lowest BCUT2D eigenvalue weighted by Crippen LogP contribution is -2.30. The Hall–Kier alpha value is -0.360. The van der Waals surface area contributed by atoms with Crippen LogP contribution in [0.3, 0.4) is 0 Å². The van der Waals surface area contributed by atoms with Crippen LogP contribution in [0.1, 0.15) is 24.4 Å². The van der Waals surface area contributed by atoms with Crippen LogP contribution in [-0.4, -0.2) is 6.61 Å². The molecule has 0 saturated carbocycles. The van der Waals surface area contributed by atoms with Crippen LogP contribution in [0.25, 0.3) is 0 Å². The third-order valence-electron chi connectivity index (χ3n) is 2.72. The molecule has 1 aromatic carbocycles. The average Bonchev–Trinajstić information content (AvgIpc) is 2.30. The van der Waals surface area contributed by atoms with Gasteiger partial charge in [-0.1, -0.05) is 31.9 Å². The predicted molar refractivity (Wildman–Crippen MR) is 75.2 cm³/mol. The van der Waals surface area contributed by atoms with Crippen LogP contribution in [0.4, 0.5) is 0 Å². The molecule has 17 heavy (non-hydrogen) atoms. The van der Waals surface area contributed by atoms with E-state index in [9.17, 15) is 0 Å². The van der Waals surface area contributed by atoms with Crippen molar-refractivity contribution in [1.82, 2.24) is 5.43 Å². The van der Waals surface area contributed by atoms with Gasteiger partial charge in [0.25, 0.3) is 0 Å². The number of hydrazine groups is 1. The molecule has 3 N–H and O–H groups in total. The van der Waals surface area contributed by atoms with E-state index in [-0.39, 0.29) is 6.04 Å². The SMILES string of the molecule is NNC(C1=COCCC1)c1cc(Br)cc(Br)c1. The zero-order valence-electron chi connectivity index (χ0n) is 9.25. The van der Waals surface area contributed by atoms with Gasteiger partial charge in [0.1, 0.15) is 0 Å². The number of hydrogen-bond donors (Lipinski definition) is 2. The summed E-state index contributed by atoms with van der Waals surface area (Å²) in [5, 5.41) is 0. The Bertz CT molecular complexity index is 414. The van der Waals surface area contributed by atoms with Crippen LogP contribution in [0.15, 0.2) is 39.0 Å². The number of nitrogens with one attached hydrogen (secondary N) is 1. The Morgan fingerprint density at radius 3 is 2.47 bits per heavy atom. The highest BCUT2D eigenvalue weighted by Crippen LogP contribution is 2.30. The summed E-state index contributed by atoms with van der Waals surface area (Å²) in [5.74, 6) is 5.66. The first-order valence-electron chi connectivity index (χ1n) is 5.43. The molecule has 2 rings (SSSR count). The van der Waals surface area contributed by atoms with Crippen molar-refractivity contribution in [2.24, 2.45) is 5.84 Å². The first kappa shape index (κ1) is 13.1. The van der Waals surface area contributed by atoms with Gasteiger partial charge in [-0.25, -0.2) is 5.43 Å². The van der Waals surface area contributed by atoms with Crippen LogP contribution < -0.4 is 11.3 Å². The highest BCUT2D eigenvalue weighted by atomic mass is 79.9. The smallest absolute Gasteiger partial charge is 0.0876 e. The molecule has 0 fully saturated rings. The molecule has 1 aliphatic rings. The van der Waals surface area contributed by atoms with Crippen molar-refractivity contribution in [2.45, 2.75) is 18.9 Å². The number of benzene rings is 1. The number of rotatable bonds is 3. The Kier molecular flexibility index (Phi) is 4.62. The second kappa shape index (κ2) is 6.00. The van der Waals surface area contributed by atoms with Crippen LogP contribution in [0.2, 0.25) is 0 Å². The van der Waals surface area contributed by atoms with Crippen molar-refractivity contribution < 1.29 is 4.74 Å². The molecule has 0 saturated heterocycles. The second-order valence-electron chi connectivity index (χ2n) is 3.97. The van der Waals surface area contributed by atoms with Gasteiger partial charge in [0.15, 0.2) is 0 Å². The van der Waals surface area contributed by atoms with Crippen LogP contribution in [0, 0.1) is 0 Å². The fraction of sp³-hybridized carbons (Fsp3) is 0.333. The molecule has 5 heteroatoms. The highest BCUT2D eigenvalue weighted by molar-refractivity contribution is 9.11. The standard InChI is InChI=1S/C12H14Br2N2O/c13-10-4-9(5-11(14)6-10)12(16-15)8-2-1-3-17-7-8/h4-7,12,16H,1-3,15H2. The van der Waals surface area contributed by atoms with Gasteiger partial charge in [-0.3, -0.25) is 5.84 Å². The molecule has 1 atom stereocenters. The van der Waals surface area contributed by atoms with Gasteiger partial charge < -0.3 is 4.74 Å². The number of nitrogens with two attached hydrogens (primary N) is 1. The van der Waals surface area contributed by atoms with E-state index in [2.05, 4.69) is 49.4 Å². The Morgan fingerprint density at radius 2 is 1.94 bits per heavy atom. The average molecular weight is 362 g/mol. The lowest BCUT2D eigenvalue weighted by Gasteiger charge is -2.23. The zero-order chi connectivity index (χ0) is 12.3. The third kappa shape index (κ3) is 3.31. The van der Waals surface area contributed by atoms with E-state index in [1.807, 2.05) is 12.3 Å². The van der Waals surface area contributed by atoms with Gasteiger partial charge in [0, 0.05) is 8.95 Å². The van der Waals surface area contributed by atoms with Crippen molar-refractivity contribution in [1.29, 1.82) is 0 Å². The molecule has 1 heterocycles. The fourth-order valence-corrected chi connectivity index (χ4v) is 3.29. The summed E-state index contributed by atoms with van der Waals surface area (Å²) in [7, 11) is 0. The maximum atomic E-state index is 5.66. The Labute approximate surface area is 118 Å². The topological polar surface area (TPSA) is 47.3 Å². The molecule has 0 radical (unpaired) electrons. The summed E-state index contributed by atoms with van der Waals surface area (Å²) in [4.78, 5) is 0. The molecule has 1 unspecified atom stereocenters. The third-order valence-corrected chi connectivity index (χ3v) is 3.63. The molecule has 0 aromatic heterocycles. The molecule has 3 nitrogen and oxygen atoms in total. The normalized spacial score (nSPS) is 17.2. The minimum absolute atomic E-state index is 0.00380. The van der Waals surface area contributed by atoms with E-state index in [4.69, 9.17) is 10.6 Å². The molecule has 92 valence electrons. The van der Waals surface area contributed by atoms with E-state index < -0.39 is 0 Å². The van der Waals surface area contributed by atoms with Gasteiger partial charge >= 0.3 is 0 Å². The Morgan fingerprint density at radius 1 is 1.24 bits per heavy atom. The molecular formula is C12H14Br2N2O. The van der Waals surface area contributed by atoms with E-state index in [1.165, 1.54) is 5.57 Å². The van der Waals surface area contributed by atoms with Crippen LogP contribution >= 0.6 is 31.9 Å². The first-order chi connectivity index (χ1) is 8.20. The molecule has 0 amide bonds. The van der Waals surface area contributed by atoms with Gasteiger partial charge in [0.05, 0.1) is 18.9 Å². The molecule has 0 spiro atoms. The minimum atomic E-state index is 0.00380. The summed E-state index contributed by atoms with van der Waals surface area (Å²) < 4.78 is 7.42. The van der Waals surface area contributed by atoms with Crippen molar-refractivity contribution in [2.75, 3.05) is 6.61 Å².